The Morgan fingerprint density at radius 2 is 1.88 bits per heavy atom. The van der Waals surface area contributed by atoms with Gasteiger partial charge in [0, 0.05) is 36.3 Å². The molecule has 2 aromatic carbocycles. The highest BCUT2D eigenvalue weighted by molar-refractivity contribution is 5.96. The van der Waals surface area contributed by atoms with Crippen LogP contribution < -0.4 is 16.2 Å². The molecule has 1 aliphatic heterocycles. The van der Waals surface area contributed by atoms with Gasteiger partial charge >= 0.3 is 0 Å². The molecule has 1 saturated heterocycles. The van der Waals surface area contributed by atoms with Gasteiger partial charge in [-0.3, -0.25) is 9.59 Å². The lowest BCUT2D eigenvalue weighted by Gasteiger charge is -2.18. The quantitative estimate of drug-likeness (QED) is 0.679. The van der Waals surface area contributed by atoms with Crippen LogP contribution in [-0.2, 0) is 4.79 Å². The number of nitrogens with one attached hydrogen (secondary N) is 3. The second-order valence-electron chi connectivity index (χ2n) is 6.52. The Labute approximate surface area is 149 Å². The number of anilines is 1. The maximum Gasteiger partial charge on any atom is 0.255 e. The third-order valence-corrected chi connectivity index (χ3v) is 4.89. The van der Waals surface area contributed by atoms with Crippen molar-refractivity contribution >= 4 is 22.4 Å². The van der Waals surface area contributed by atoms with E-state index in [1.165, 1.54) is 12.1 Å². The summed E-state index contributed by atoms with van der Waals surface area (Å²) in [6, 6.07) is 13.3. The van der Waals surface area contributed by atoms with Crippen molar-refractivity contribution in [3.63, 3.8) is 0 Å². The smallest absolute Gasteiger partial charge is 0.255 e. The largest absolute Gasteiger partial charge is 0.329 e. The molecule has 4 rings (SSSR count). The van der Waals surface area contributed by atoms with Crippen molar-refractivity contribution in [1.29, 1.82) is 0 Å². The number of hydrogen-bond acceptors (Lipinski definition) is 3. The van der Waals surface area contributed by atoms with E-state index in [4.69, 9.17) is 0 Å². The number of aromatic amines is 1. The zero-order chi connectivity index (χ0) is 18.1. The Balaban J connectivity index is 1.55. The molecule has 3 N–H and O–H groups in total. The number of aromatic nitrogens is 1. The summed E-state index contributed by atoms with van der Waals surface area (Å²) < 4.78 is 13.2. The van der Waals surface area contributed by atoms with Gasteiger partial charge in [-0.25, -0.2) is 4.39 Å². The summed E-state index contributed by atoms with van der Waals surface area (Å²) in [5.41, 5.74) is 1.44. The van der Waals surface area contributed by atoms with E-state index in [9.17, 15) is 14.0 Å². The summed E-state index contributed by atoms with van der Waals surface area (Å²) in [6.45, 7) is 1.25. The van der Waals surface area contributed by atoms with Crippen LogP contribution in [0.5, 0.6) is 0 Å². The molecule has 0 bridgehead atoms. The van der Waals surface area contributed by atoms with E-state index in [0.29, 0.717) is 24.2 Å². The second-order valence-corrected chi connectivity index (χ2v) is 6.52. The van der Waals surface area contributed by atoms with Crippen LogP contribution in [0.2, 0.25) is 0 Å². The molecule has 0 saturated carbocycles. The first-order valence-corrected chi connectivity index (χ1v) is 8.50. The second kappa shape index (κ2) is 6.72. The van der Waals surface area contributed by atoms with Crippen LogP contribution >= 0.6 is 0 Å². The highest BCUT2D eigenvalue weighted by Crippen LogP contribution is 2.29. The average molecular weight is 351 g/mol. The Hall–Kier alpha value is -2.99. The molecule has 3 aromatic rings. The van der Waals surface area contributed by atoms with E-state index in [2.05, 4.69) is 15.6 Å². The number of carbonyl (C=O) groups excluding carboxylic acids is 1. The number of H-pyrrole nitrogens is 1. The zero-order valence-electron chi connectivity index (χ0n) is 14.0. The molecule has 132 valence electrons. The van der Waals surface area contributed by atoms with Crippen molar-refractivity contribution in [3.05, 3.63) is 76.5 Å². The first-order valence-electron chi connectivity index (χ1n) is 8.50. The molecule has 1 aliphatic rings. The van der Waals surface area contributed by atoms with E-state index in [-0.39, 0.29) is 29.1 Å². The number of hydrogen-bond donors (Lipinski definition) is 3. The number of halogens is 1. The van der Waals surface area contributed by atoms with Gasteiger partial charge in [0.15, 0.2) is 0 Å². The number of pyridine rings is 1. The van der Waals surface area contributed by atoms with Crippen molar-refractivity contribution < 1.29 is 9.18 Å². The van der Waals surface area contributed by atoms with Gasteiger partial charge in [0.1, 0.15) is 5.82 Å². The van der Waals surface area contributed by atoms with Crippen LogP contribution in [0.4, 0.5) is 10.1 Å². The van der Waals surface area contributed by atoms with Crippen LogP contribution in [-0.4, -0.2) is 24.0 Å². The lowest BCUT2D eigenvalue weighted by Crippen LogP contribution is -2.28. The highest BCUT2D eigenvalue weighted by atomic mass is 19.1. The molecule has 2 unspecified atom stereocenters. The van der Waals surface area contributed by atoms with Crippen molar-refractivity contribution in [1.82, 2.24) is 10.3 Å². The molecular weight excluding hydrogens is 333 g/mol. The van der Waals surface area contributed by atoms with E-state index < -0.39 is 0 Å². The third kappa shape index (κ3) is 3.11. The maximum absolute atomic E-state index is 13.2. The maximum atomic E-state index is 13.2. The summed E-state index contributed by atoms with van der Waals surface area (Å²) in [7, 11) is 0. The number of fused-ring (bicyclic) bond motifs is 1. The van der Waals surface area contributed by atoms with E-state index in [1.807, 2.05) is 0 Å². The first-order chi connectivity index (χ1) is 12.6. The fraction of sp³-hybridized carbons (Fsp3) is 0.200. The fourth-order valence-electron chi connectivity index (χ4n) is 3.52. The Kier molecular flexibility index (Phi) is 4.26. The molecule has 26 heavy (non-hydrogen) atoms. The number of rotatable bonds is 3. The fourth-order valence-corrected chi connectivity index (χ4v) is 3.52. The standard InChI is InChI=1S/C20H18FN3O2/c21-14-3-1-12(2-4-14)17-10-22-11-18(17)20(26)24-15-5-6-16-13(9-15)7-8-23-19(16)25/h1-9,17-18,22H,10-11H2,(H,23,25)(H,24,26). The van der Waals surface area contributed by atoms with Gasteiger partial charge in [-0.1, -0.05) is 12.1 Å². The summed E-state index contributed by atoms with van der Waals surface area (Å²) in [4.78, 5) is 27.2. The average Bonchev–Trinajstić information content (AvgIpc) is 3.12. The monoisotopic (exact) mass is 351 g/mol. The number of benzene rings is 2. The number of carbonyl (C=O) groups is 1. The normalized spacial score (nSPS) is 19.6. The van der Waals surface area contributed by atoms with Gasteiger partial charge in [-0.05, 0) is 47.3 Å². The summed E-state index contributed by atoms with van der Waals surface area (Å²) in [5.74, 6) is -0.616. The predicted octanol–water partition coefficient (Wildman–Crippen LogP) is 2.61. The van der Waals surface area contributed by atoms with E-state index >= 15 is 0 Å². The van der Waals surface area contributed by atoms with Crippen LogP contribution in [0, 0.1) is 11.7 Å². The Bertz CT molecular complexity index is 1010. The highest BCUT2D eigenvalue weighted by Gasteiger charge is 2.34. The molecule has 0 spiro atoms. The molecule has 6 heteroatoms. The summed E-state index contributed by atoms with van der Waals surface area (Å²) in [5, 5.41) is 7.53. The molecule has 2 heterocycles. The molecule has 0 aliphatic carbocycles. The SMILES string of the molecule is O=C(Nc1ccc2c(=O)[nH]ccc2c1)C1CNCC1c1ccc(F)cc1. The lowest BCUT2D eigenvalue weighted by atomic mass is 9.88. The molecular formula is C20H18FN3O2. The van der Waals surface area contributed by atoms with Gasteiger partial charge in [-0.15, -0.1) is 0 Å². The first kappa shape index (κ1) is 16.5. The van der Waals surface area contributed by atoms with Crippen molar-refractivity contribution in [2.45, 2.75) is 5.92 Å². The zero-order valence-corrected chi connectivity index (χ0v) is 14.0. The minimum atomic E-state index is -0.285. The molecule has 0 radical (unpaired) electrons. The van der Waals surface area contributed by atoms with Gasteiger partial charge in [0.25, 0.3) is 5.56 Å². The van der Waals surface area contributed by atoms with Crippen molar-refractivity contribution in [2.75, 3.05) is 18.4 Å². The van der Waals surface area contributed by atoms with Gasteiger partial charge < -0.3 is 15.6 Å². The van der Waals surface area contributed by atoms with E-state index in [1.54, 1.807) is 42.6 Å². The topological polar surface area (TPSA) is 74.0 Å². The Morgan fingerprint density at radius 3 is 2.69 bits per heavy atom. The Morgan fingerprint density at radius 1 is 1.08 bits per heavy atom. The molecule has 2 atom stereocenters. The lowest BCUT2D eigenvalue weighted by molar-refractivity contribution is -0.119. The molecule has 1 fully saturated rings. The van der Waals surface area contributed by atoms with Crippen molar-refractivity contribution in [3.8, 4) is 0 Å². The van der Waals surface area contributed by atoms with Crippen LogP contribution in [0.15, 0.2) is 59.5 Å². The minimum Gasteiger partial charge on any atom is -0.329 e. The third-order valence-electron chi connectivity index (χ3n) is 4.89. The molecule has 5 nitrogen and oxygen atoms in total. The van der Waals surface area contributed by atoms with Crippen LogP contribution in [0.1, 0.15) is 11.5 Å². The van der Waals surface area contributed by atoms with Gasteiger partial charge in [0.05, 0.1) is 5.92 Å². The summed E-state index contributed by atoms with van der Waals surface area (Å²) in [6.07, 6.45) is 1.59. The van der Waals surface area contributed by atoms with Gasteiger partial charge in [-0.2, -0.15) is 0 Å². The van der Waals surface area contributed by atoms with Gasteiger partial charge in [0.2, 0.25) is 5.91 Å². The summed E-state index contributed by atoms with van der Waals surface area (Å²) >= 11 is 0. The molecule has 1 amide bonds. The molecule has 1 aromatic heterocycles. The van der Waals surface area contributed by atoms with Crippen molar-refractivity contribution in [2.24, 2.45) is 5.92 Å². The van der Waals surface area contributed by atoms with Crippen LogP contribution in [0.25, 0.3) is 10.8 Å². The minimum absolute atomic E-state index is 0.00102. The van der Waals surface area contributed by atoms with E-state index in [0.717, 1.165) is 10.9 Å². The number of amides is 1. The van der Waals surface area contributed by atoms with Crippen LogP contribution in [0.3, 0.4) is 0 Å². The predicted molar refractivity (Wildman–Crippen MR) is 98.7 cm³/mol.